The Morgan fingerprint density at radius 3 is 2.24 bits per heavy atom. The molecule has 1 N–H and O–H groups in total. The number of aromatic carboxylic acids is 1. The molecule has 1 aromatic carbocycles. The lowest BCUT2D eigenvalue weighted by Crippen LogP contribution is -2.21. The summed E-state index contributed by atoms with van der Waals surface area (Å²) in [6.07, 6.45) is 2.18. The Labute approximate surface area is 125 Å². The maximum Gasteiger partial charge on any atom is 0.339 e. The lowest BCUT2D eigenvalue weighted by Gasteiger charge is -2.21. The van der Waals surface area contributed by atoms with Gasteiger partial charge in [-0.1, -0.05) is 6.92 Å². The molecule has 112 valence electrons. The molecule has 0 fully saturated rings. The molecule has 0 saturated heterocycles. The van der Waals surface area contributed by atoms with E-state index < -0.39 is 5.97 Å². The van der Waals surface area contributed by atoms with Crippen LogP contribution in [0.5, 0.6) is 0 Å². The predicted octanol–water partition coefficient (Wildman–Crippen LogP) is 4.05. The van der Waals surface area contributed by atoms with Crippen LogP contribution in [0.4, 0.5) is 5.69 Å². The van der Waals surface area contributed by atoms with Crippen molar-refractivity contribution < 1.29 is 14.3 Å². The van der Waals surface area contributed by atoms with E-state index in [9.17, 15) is 9.90 Å². The average Bonchev–Trinajstić information content (AvgIpc) is 2.93. The molecule has 0 amide bonds. The van der Waals surface area contributed by atoms with Crippen LogP contribution < -0.4 is 4.90 Å². The standard InChI is InChI=1S/C17H21NO3/c1-4-12-11-21-16(15(12)17(19)20)13-7-9-14(10-8-13)18(5-2)6-3/h7-11H,4-6H2,1-3H3,(H,19,20). The van der Waals surface area contributed by atoms with Gasteiger partial charge in [0.25, 0.3) is 0 Å². The van der Waals surface area contributed by atoms with E-state index in [1.54, 1.807) is 0 Å². The van der Waals surface area contributed by atoms with Gasteiger partial charge in [-0.25, -0.2) is 4.79 Å². The number of furan rings is 1. The Hall–Kier alpha value is -2.23. The van der Waals surface area contributed by atoms with Gasteiger partial charge in [-0.3, -0.25) is 0 Å². The smallest absolute Gasteiger partial charge is 0.339 e. The lowest BCUT2D eigenvalue weighted by molar-refractivity contribution is 0.0696. The van der Waals surface area contributed by atoms with Crippen LogP contribution in [0, 0.1) is 0 Å². The van der Waals surface area contributed by atoms with Crippen LogP contribution in [-0.2, 0) is 6.42 Å². The highest BCUT2D eigenvalue weighted by Gasteiger charge is 2.20. The summed E-state index contributed by atoms with van der Waals surface area (Å²) in [5.41, 5.74) is 2.92. The minimum atomic E-state index is -0.941. The lowest BCUT2D eigenvalue weighted by atomic mass is 10.0. The summed E-state index contributed by atoms with van der Waals surface area (Å²) in [4.78, 5) is 13.7. The van der Waals surface area contributed by atoms with Gasteiger partial charge in [-0.2, -0.15) is 0 Å². The minimum absolute atomic E-state index is 0.271. The molecule has 4 heteroatoms. The molecule has 21 heavy (non-hydrogen) atoms. The van der Waals surface area contributed by atoms with Crippen molar-refractivity contribution in [2.45, 2.75) is 27.2 Å². The van der Waals surface area contributed by atoms with Crippen LogP contribution in [0.2, 0.25) is 0 Å². The number of nitrogens with zero attached hydrogens (tertiary/aromatic N) is 1. The van der Waals surface area contributed by atoms with Gasteiger partial charge < -0.3 is 14.4 Å². The van der Waals surface area contributed by atoms with Gasteiger partial charge in [0, 0.05) is 29.9 Å². The molecule has 0 radical (unpaired) electrons. The minimum Gasteiger partial charge on any atom is -0.478 e. The van der Waals surface area contributed by atoms with Gasteiger partial charge in [-0.15, -0.1) is 0 Å². The number of carbonyl (C=O) groups is 1. The first-order chi connectivity index (χ1) is 10.1. The molecule has 0 saturated carbocycles. The van der Waals surface area contributed by atoms with E-state index >= 15 is 0 Å². The van der Waals surface area contributed by atoms with Gasteiger partial charge in [-0.05, 0) is 44.5 Å². The first-order valence-electron chi connectivity index (χ1n) is 7.31. The van der Waals surface area contributed by atoms with Gasteiger partial charge >= 0.3 is 5.97 Å². The molecular weight excluding hydrogens is 266 g/mol. The Bertz CT molecular complexity index is 609. The Morgan fingerprint density at radius 2 is 1.76 bits per heavy atom. The van der Waals surface area contributed by atoms with Gasteiger partial charge in [0.1, 0.15) is 11.3 Å². The van der Waals surface area contributed by atoms with Crippen molar-refractivity contribution in [3.63, 3.8) is 0 Å². The highest BCUT2D eigenvalue weighted by atomic mass is 16.4. The Kier molecular flexibility index (Phi) is 4.68. The van der Waals surface area contributed by atoms with Crippen LogP contribution in [0.3, 0.4) is 0 Å². The predicted molar refractivity (Wildman–Crippen MR) is 84.0 cm³/mol. The summed E-state index contributed by atoms with van der Waals surface area (Å²) in [6, 6.07) is 7.83. The molecule has 1 heterocycles. The molecule has 0 aliphatic rings. The van der Waals surface area contributed by atoms with E-state index in [2.05, 4.69) is 18.7 Å². The third-order valence-corrected chi connectivity index (χ3v) is 3.72. The second-order valence-corrected chi connectivity index (χ2v) is 4.84. The molecular formula is C17H21NO3. The van der Waals surface area contributed by atoms with E-state index in [0.717, 1.165) is 29.9 Å². The summed E-state index contributed by atoms with van der Waals surface area (Å²) in [7, 11) is 0. The van der Waals surface area contributed by atoms with Crippen molar-refractivity contribution in [3.8, 4) is 11.3 Å². The van der Waals surface area contributed by atoms with E-state index in [-0.39, 0.29) is 5.56 Å². The molecule has 1 aromatic heterocycles. The molecule has 0 unspecified atom stereocenters. The first kappa shape index (κ1) is 15.2. The van der Waals surface area contributed by atoms with Gasteiger partial charge in [0.2, 0.25) is 0 Å². The highest BCUT2D eigenvalue weighted by Crippen LogP contribution is 2.30. The molecule has 0 aliphatic carbocycles. The molecule has 0 spiro atoms. The Balaban J connectivity index is 2.39. The summed E-state index contributed by atoms with van der Waals surface area (Å²) in [5.74, 6) is -0.506. The number of carboxylic acid groups (broad SMARTS) is 1. The van der Waals surface area contributed by atoms with E-state index in [1.165, 1.54) is 6.26 Å². The highest BCUT2D eigenvalue weighted by molar-refractivity contribution is 5.96. The SMILES string of the molecule is CCc1coc(-c2ccc(N(CC)CC)cc2)c1C(=O)O. The number of benzene rings is 1. The first-order valence-corrected chi connectivity index (χ1v) is 7.31. The molecule has 0 atom stereocenters. The van der Waals surface area contributed by atoms with Crippen molar-refractivity contribution in [2.75, 3.05) is 18.0 Å². The molecule has 2 rings (SSSR count). The van der Waals surface area contributed by atoms with Crippen LogP contribution in [0.25, 0.3) is 11.3 Å². The fourth-order valence-corrected chi connectivity index (χ4v) is 2.51. The third-order valence-electron chi connectivity index (χ3n) is 3.72. The van der Waals surface area contributed by atoms with Crippen LogP contribution in [0.1, 0.15) is 36.7 Å². The number of hydrogen-bond acceptors (Lipinski definition) is 3. The van der Waals surface area contributed by atoms with Gasteiger partial charge in [0.15, 0.2) is 0 Å². The quantitative estimate of drug-likeness (QED) is 0.870. The third kappa shape index (κ3) is 2.94. The summed E-state index contributed by atoms with van der Waals surface area (Å²) in [5, 5.41) is 9.38. The number of hydrogen-bond donors (Lipinski definition) is 1. The fourth-order valence-electron chi connectivity index (χ4n) is 2.51. The topological polar surface area (TPSA) is 53.7 Å². The maximum absolute atomic E-state index is 11.4. The number of aryl methyl sites for hydroxylation is 1. The van der Waals surface area contributed by atoms with Crippen molar-refractivity contribution in [3.05, 3.63) is 41.7 Å². The monoisotopic (exact) mass is 287 g/mol. The van der Waals surface area contributed by atoms with E-state index in [1.807, 2.05) is 31.2 Å². The second kappa shape index (κ2) is 6.48. The summed E-state index contributed by atoms with van der Waals surface area (Å²) < 4.78 is 5.49. The Morgan fingerprint density at radius 1 is 1.14 bits per heavy atom. The second-order valence-electron chi connectivity index (χ2n) is 4.84. The van der Waals surface area contributed by atoms with Crippen molar-refractivity contribution in [2.24, 2.45) is 0 Å². The molecule has 0 bridgehead atoms. The average molecular weight is 287 g/mol. The van der Waals surface area contributed by atoms with Crippen LogP contribution in [-0.4, -0.2) is 24.2 Å². The van der Waals surface area contributed by atoms with E-state index in [0.29, 0.717) is 12.2 Å². The molecule has 0 aliphatic heterocycles. The van der Waals surface area contributed by atoms with Crippen molar-refractivity contribution >= 4 is 11.7 Å². The molecule has 2 aromatic rings. The normalized spacial score (nSPS) is 10.6. The largest absolute Gasteiger partial charge is 0.478 e. The zero-order valence-electron chi connectivity index (χ0n) is 12.7. The number of rotatable bonds is 6. The van der Waals surface area contributed by atoms with E-state index in [4.69, 9.17) is 4.42 Å². The number of anilines is 1. The zero-order chi connectivity index (χ0) is 15.4. The van der Waals surface area contributed by atoms with Crippen LogP contribution in [0.15, 0.2) is 34.9 Å². The number of carboxylic acids is 1. The zero-order valence-corrected chi connectivity index (χ0v) is 12.7. The summed E-state index contributed by atoms with van der Waals surface area (Å²) in [6.45, 7) is 8.03. The van der Waals surface area contributed by atoms with Crippen molar-refractivity contribution in [1.82, 2.24) is 0 Å². The van der Waals surface area contributed by atoms with Crippen LogP contribution >= 0.6 is 0 Å². The van der Waals surface area contributed by atoms with Gasteiger partial charge in [0.05, 0.1) is 6.26 Å². The van der Waals surface area contributed by atoms with Crippen molar-refractivity contribution in [1.29, 1.82) is 0 Å². The maximum atomic E-state index is 11.4. The fraction of sp³-hybridized carbons (Fsp3) is 0.353. The summed E-state index contributed by atoms with van der Waals surface area (Å²) >= 11 is 0. The molecule has 4 nitrogen and oxygen atoms in total.